The van der Waals surface area contributed by atoms with E-state index in [0.29, 0.717) is 22.8 Å². The Balaban J connectivity index is 2.04. The molecule has 0 unspecified atom stereocenters. The first-order chi connectivity index (χ1) is 7.19. The van der Waals surface area contributed by atoms with Gasteiger partial charge in [0.25, 0.3) is 0 Å². The summed E-state index contributed by atoms with van der Waals surface area (Å²) in [5, 5.41) is 0.593. The predicted octanol–water partition coefficient (Wildman–Crippen LogP) is 3.23. The van der Waals surface area contributed by atoms with Gasteiger partial charge in [0.05, 0.1) is 12.0 Å². The van der Waals surface area contributed by atoms with E-state index in [-0.39, 0.29) is 11.4 Å². The molecular weight excluding hydrogens is 212 g/mol. The molecule has 0 radical (unpaired) electrons. The summed E-state index contributed by atoms with van der Waals surface area (Å²) in [6.45, 7) is 0. The van der Waals surface area contributed by atoms with E-state index in [4.69, 9.17) is 16.3 Å². The first-order valence-electron chi connectivity index (χ1n) is 5.20. The van der Waals surface area contributed by atoms with Crippen LogP contribution in [0.3, 0.4) is 0 Å². The molecule has 3 heteroatoms. The molecule has 0 atom stereocenters. The maximum atomic E-state index is 11.9. The second-order valence-electron chi connectivity index (χ2n) is 4.38. The molecule has 0 aromatic heterocycles. The summed E-state index contributed by atoms with van der Waals surface area (Å²) in [6, 6.07) is 5.27. The lowest BCUT2D eigenvalue weighted by atomic mass is 9.74. The summed E-state index contributed by atoms with van der Waals surface area (Å²) < 4.78 is 5.90. The number of rotatable bonds is 0. The molecule has 0 saturated heterocycles. The van der Waals surface area contributed by atoms with Gasteiger partial charge in [-0.2, -0.15) is 0 Å². The molecule has 0 N–H and O–H groups in total. The molecule has 2 aliphatic rings. The number of hydrogen-bond donors (Lipinski definition) is 0. The standard InChI is InChI=1S/C12H11ClO2/c13-8-2-3-11-9(6-8)10(14)7-12(15-11)4-1-5-12/h2-3,6H,1,4-5,7H2. The average Bonchev–Trinajstić information content (AvgIpc) is 2.16. The van der Waals surface area contributed by atoms with Crippen molar-refractivity contribution in [1.82, 2.24) is 0 Å². The molecule has 1 fully saturated rings. The number of fused-ring (bicyclic) bond motifs is 1. The quantitative estimate of drug-likeness (QED) is 0.674. The van der Waals surface area contributed by atoms with Gasteiger partial charge in [-0.25, -0.2) is 0 Å². The van der Waals surface area contributed by atoms with E-state index in [2.05, 4.69) is 0 Å². The zero-order valence-corrected chi connectivity index (χ0v) is 9.01. The summed E-state index contributed by atoms with van der Waals surface area (Å²) in [5.74, 6) is 0.869. The van der Waals surface area contributed by atoms with Crippen molar-refractivity contribution in [2.45, 2.75) is 31.3 Å². The van der Waals surface area contributed by atoms with Gasteiger partial charge in [-0.3, -0.25) is 4.79 Å². The molecule has 2 nitrogen and oxygen atoms in total. The van der Waals surface area contributed by atoms with Crippen molar-refractivity contribution in [2.24, 2.45) is 0 Å². The van der Waals surface area contributed by atoms with Crippen LogP contribution in [0, 0.1) is 0 Å². The van der Waals surface area contributed by atoms with Crippen LogP contribution in [0.5, 0.6) is 5.75 Å². The molecule has 1 spiro atoms. The van der Waals surface area contributed by atoms with Crippen LogP contribution in [0.1, 0.15) is 36.0 Å². The smallest absolute Gasteiger partial charge is 0.170 e. The second kappa shape index (κ2) is 2.99. The van der Waals surface area contributed by atoms with Gasteiger partial charge in [0.1, 0.15) is 11.4 Å². The molecule has 78 valence electrons. The Morgan fingerprint density at radius 2 is 2.13 bits per heavy atom. The second-order valence-corrected chi connectivity index (χ2v) is 4.82. The normalized spacial score (nSPS) is 21.8. The number of carbonyl (C=O) groups is 1. The molecular formula is C12H11ClO2. The summed E-state index contributed by atoms with van der Waals surface area (Å²) in [4.78, 5) is 11.9. The van der Waals surface area contributed by atoms with E-state index >= 15 is 0 Å². The number of halogens is 1. The Morgan fingerprint density at radius 1 is 1.33 bits per heavy atom. The Bertz CT molecular complexity index is 435. The lowest BCUT2D eigenvalue weighted by molar-refractivity contribution is -0.0177. The summed E-state index contributed by atoms with van der Waals surface area (Å²) in [6.07, 6.45) is 3.68. The minimum Gasteiger partial charge on any atom is -0.486 e. The fourth-order valence-corrected chi connectivity index (χ4v) is 2.49. The number of ketones is 1. The van der Waals surface area contributed by atoms with Crippen molar-refractivity contribution in [1.29, 1.82) is 0 Å². The predicted molar refractivity (Wildman–Crippen MR) is 57.6 cm³/mol. The lowest BCUT2D eigenvalue weighted by Crippen LogP contribution is -2.47. The van der Waals surface area contributed by atoms with Crippen molar-refractivity contribution >= 4 is 17.4 Å². The maximum absolute atomic E-state index is 11.9. The first-order valence-corrected chi connectivity index (χ1v) is 5.58. The van der Waals surface area contributed by atoms with E-state index in [0.717, 1.165) is 19.3 Å². The molecule has 1 aromatic carbocycles. The number of hydrogen-bond acceptors (Lipinski definition) is 2. The van der Waals surface area contributed by atoms with Gasteiger partial charge in [-0.15, -0.1) is 0 Å². The van der Waals surface area contributed by atoms with Crippen LogP contribution in [-0.2, 0) is 0 Å². The molecule has 0 amide bonds. The third-order valence-corrected chi connectivity index (χ3v) is 3.55. The fraction of sp³-hybridized carbons (Fsp3) is 0.417. The lowest BCUT2D eigenvalue weighted by Gasteiger charge is -2.44. The SMILES string of the molecule is O=C1CC2(CCC2)Oc2ccc(Cl)cc21. The van der Waals surface area contributed by atoms with Crippen LogP contribution in [0.2, 0.25) is 5.02 Å². The Morgan fingerprint density at radius 3 is 2.80 bits per heavy atom. The Labute approximate surface area is 93.2 Å². The van der Waals surface area contributed by atoms with Crippen LogP contribution >= 0.6 is 11.6 Å². The van der Waals surface area contributed by atoms with Crippen molar-refractivity contribution in [3.8, 4) is 5.75 Å². The number of carbonyl (C=O) groups excluding carboxylic acids is 1. The molecule has 1 aromatic rings. The van der Waals surface area contributed by atoms with E-state index in [1.54, 1.807) is 18.2 Å². The monoisotopic (exact) mass is 222 g/mol. The van der Waals surface area contributed by atoms with Gasteiger partial charge in [0.2, 0.25) is 0 Å². The highest BCUT2D eigenvalue weighted by atomic mass is 35.5. The van der Waals surface area contributed by atoms with Gasteiger partial charge in [0.15, 0.2) is 5.78 Å². The minimum atomic E-state index is -0.183. The van der Waals surface area contributed by atoms with E-state index < -0.39 is 0 Å². The molecule has 3 rings (SSSR count). The van der Waals surface area contributed by atoms with Crippen molar-refractivity contribution in [2.75, 3.05) is 0 Å². The number of benzene rings is 1. The third kappa shape index (κ3) is 1.36. The zero-order valence-electron chi connectivity index (χ0n) is 8.25. The minimum absolute atomic E-state index is 0.165. The maximum Gasteiger partial charge on any atom is 0.170 e. The van der Waals surface area contributed by atoms with E-state index in [1.807, 2.05) is 0 Å². The highest BCUT2D eigenvalue weighted by Crippen LogP contribution is 2.45. The van der Waals surface area contributed by atoms with Crippen molar-refractivity contribution < 1.29 is 9.53 Å². The fourth-order valence-electron chi connectivity index (χ4n) is 2.32. The van der Waals surface area contributed by atoms with E-state index in [1.165, 1.54) is 0 Å². The van der Waals surface area contributed by atoms with Crippen LogP contribution in [0.15, 0.2) is 18.2 Å². The van der Waals surface area contributed by atoms with E-state index in [9.17, 15) is 4.79 Å². The topological polar surface area (TPSA) is 26.3 Å². The first kappa shape index (κ1) is 9.22. The Kier molecular flexibility index (Phi) is 1.84. The third-order valence-electron chi connectivity index (χ3n) is 3.32. The molecule has 1 aliphatic carbocycles. The summed E-state index contributed by atoms with van der Waals surface area (Å²) >= 11 is 5.85. The van der Waals surface area contributed by atoms with Gasteiger partial charge in [0, 0.05) is 5.02 Å². The number of Topliss-reactive ketones (excluding diaryl/α,β-unsaturated/α-hetero) is 1. The van der Waals surface area contributed by atoms with Crippen LogP contribution in [0.4, 0.5) is 0 Å². The summed E-state index contributed by atoms with van der Waals surface area (Å²) in [7, 11) is 0. The zero-order chi connectivity index (χ0) is 10.5. The van der Waals surface area contributed by atoms with Gasteiger partial charge in [-0.1, -0.05) is 11.6 Å². The molecule has 0 bridgehead atoms. The van der Waals surface area contributed by atoms with Gasteiger partial charge >= 0.3 is 0 Å². The summed E-state index contributed by atoms with van der Waals surface area (Å²) in [5.41, 5.74) is 0.456. The molecule has 15 heavy (non-hydrogen) atoms. The van der Waals surface area contributed by atoms with Gasteiger partial charge in [-0.05, 0) is 37.5 Å². The largest absolute Gasteiger partial charge is 0.486 e. The van der Waals surface area contributed by atoms with Crippen LogP contribution in [-0.4, -0.2) is 11.4 Å². The molecule has 1 aliphatic heterocycles. The highest BCUT2D eigenvalue weighted by Gasteiger charge is 2.45. The van der Waals surface area contributed by atoms with Gasteiger partial charge < -0.3 is 4.74 Å². The molecule has 1 saturated carbocycles. The number of ether oxygens (including phenoxy) is 1. The Hall–Kier alpha value is -1.02. The molecule has 1 heterocycles. The van der Waals surface area contributed by atoms with Crippen LogP contribution in [0.25, 0.3) is 0 Å². The van der Waals surface area contributed by atoms with Crippen molar-refractivity contribution in [3.05, 3.63) is 28.8 Å². The average molecular weight is 223 g/mol. The van der Waals surface area contributed by atoms with Crippen molar-refractivity contribution in [3.63, 3.8) is 0 Å². The highest BCUT2D eigenvalue weighted by molar-refractivity contribution is 6.31. The van der Waals surface area contributed by atoms with Crippen LogP contribution < -0.4 is 4.74 Å².